The summed E-state index contributed by atoms with van der Waals surface area (Å²) in [5, 5.41) is 9.67. The van der Waals surface area contributed by atoms with Crippen LogP contribution in [0.4, 0.5) is 0 Å². The molecule has 0 radical (unpaired) electrons. The van der Waals surface area contributed by atoms with Crippen LogP contribution in [0.2, 0.25) is 0 Å². The summed E-state index contributed by atoms with van der Waals surface area (Å²) in [6, 6.07) is 0.325. The normalized spacial score (nSPS) is 14.9. The minimum absolute atomic E-state index is 0.179. The Bertz CT molecular complexity index is 354. The third-order valence-electron chi connectivity index (χ3n) is 5.38. The van der Waals surface area contributed by atoms with Gasteiger partial charge in [-0.3, -0.25) is 9.59 Å². The zero-order valence-corrected chi connectivity index (χ0v) is 16.8. The molecule has 148 valence electrons. The molecule has 0 saturated heterocycles. The van der Waals surface area contributed by atoms with E-state index in [1.54, 1.807) is 0 Å². The summed E-state index contributed by atoms with van der Waals surface area (Å²) < 4.78 is 0. The van der Waals surface area contributed by atoms with E-state index in [1.807, 2.05) is 0 Å². The lowest BCUT2D eigenvalue weighted by Gasteiger charge is -2.26. The van der Waals surface area contributed by atoms with Crippen molar-refractivity contribution in [1.29, 1.82) is 0 Å². The lowest BCUT2D eigenvalue weighted by Crippen LogP contribution is -2.38. The number of unbranched alkanes of at least 4 members (excludes halogenated alkanes) is 7. The second-order valence-corrected chi connectivity index (χ2v) is 7.61. The van der Waals surface area contributed by atoms with Crippen molar-refractivity contribution < 1.29 is 14.7 Å². The minimum atomic E-state index is -1.16. The van der Waals surface area contributed by atoms with Gasteiger partial charge < -0.3 is 10.8 Å². The van der Waals surface area contributed by atoms with Crippen molar-refractivity contribution in [3.63, 3.8) is 0 Å². The molecule has 0 aromatic carbocycles. The van der Waals surface area contributed by atoms with E-state index in [2.05, 4.69) is 13.8 Å². The number of carboxylic acid groups (broad SMARTS) is 1. The average Bonchev–Trinajstić information content (AvgIpc) is 2.55. The summed E-state index contributed by atoms with van der Waals surface area (Å²) in [6.45, 7) is 5.74. The monoisotopic (exact) mass is 355 g/mol. The fraction of sp³-hybridized carbons (Fsp3) is 0.905. The van der Waals surface area contributed by atoms with Crippen LogP contribution in [0.15, 0.2) is 0 Å². The molecule has 0 rings (SSSR count). The van der Waals surface area contributed by atoms with E-state index >= 15 is 0 Å². The Hall–Kier alpha value is -0.900. The third-order valence-corrected chi connectivity index (χ3v) is 5.38. The van der Waals surface area contributed by atoms with E-state index in [0.29, 0.717) is 18.9 Å². The molecule has 0 spiro atoms. The Morgan fingerprint density at radius 1 is 0.840 bits per heavy atom. The quantitative estimate of drug-likeness (QED) is 0.267. The fourth-order valence-electron chi connectivity index (χ4n) is 3.57. The first-order chi connectivity index (χ1) is 11.9. The molecule has 4 nitrogen and oxygen atoms in total. The second-order valence-electron chi connectivity index (χ2n) is 7.61. The van der Waals surface area contributed by atoms with Gasteiger partial charge in [-0.15, -0.1) is 0 Å². The van der Waals surface area contributed by atoms with Gasteiger partial charge >= 0.3 is 5.97 Å². The largest absolute Gasteiger partial charge is 0.480 e. The minimum Gasteiger partial charge on any atom is -0.480 e. The molecule has 0 aliphatic carbocycles. The number of carbonyl (C=O) groups excluding carboxylic acids is 1. The number of carbonyl (C=O) groups is 2. The second kappa shape index (κ2) is 14.3. The topological polar surface area (TPSA) is 80.4 Å². The predicted octanol–water partition coefficient (Wildman–Crippen LogP) is 5.47. The Morgan fingerprint density at radius 3 is 1.84 bits per heavy atom. The van der Waals surface area contributed by atoms with Crippen LogP contribution in [0.25, 0.3) is 0 Å². The molecule has 0 aliphatic rings. The van der Waals surface area contributed by atoms with Gasteiger partial charge in [0.25, 0.3) is 0 Å². The SMILES string of the molecule is CCCCCCC(CCCCCCCC(N)CCC)(C(C)=O)C(=O)O. The van der Waals surface area contributed by atoms with Crippen LogP contribution in [-0.2, 0) is 9.59 Å². The van der Waals surface area contributed by atoms with Crippen LogP contribution in [0, 0.1) is 5.41 Å². The number of rotatable bonds is 17. The Balaban J connectivity index is 4.18. The molecular formula is C21H41NO3. The number of hydrogen-bond acceptors (Lipinski definition) is 3. The van der Waals surface area contributed by atoms with Crippen molar-refractivity contribution in [3.8, 4) is 0 Å². The van der Waals surface area contributed by atoms with Gasteiger partial charge in [0, 0.05) is 6.04 Å². The molecule has 3 N–H and O–H groups in total. The van der Waals surface area contributed by atoms with E-state index < -0.39 is 11.4 Å². The number of Topliss-reactive ketones (excluding diaryl/α,β-unsaturated/α-hetero) is 1. The van der Waals surface area contributed by atoms with E-state index in [1.165, 1.54) is 6.92 Å². The summed E-state index contributed by atoms with van der Waals surface area (Å²) in [6.07, 6.45) is 13.6. The lowest BCUT2D eigenvalue weighted by molar-refractivity contribution is -0.155. The van der Waals surface area contributed by atoms with Gasteiger partial charge in [0.2, 0.25) is 0 Å². The molecule has 25 heavy (non-hydrogen) atoms. The van der Waals surface area contributed by atoms with Crippen LogP contribution in [0.5, 0.6) is 0 Å². The van der Waals surface area contributed by atoms with Gasteiger partial charge in [-0.25, -0.2) is 0 Å². The summed E-state index contributed by atoms with van der Waals surface area (Å²) in [5.74, 6) is -1.11. The van der Waals surface area contributed by atoms with Crippen LogP contribution >= 0.6 is 0 Å². The van der Waals surface area contributed by atoms with Crippen LogP contribution in [0.3, 0.4) is 0 Å². The number of hydrogen-bond donors (Lipinski definition) is 2. The van der Waals surface area contributed by atoms with Crippen LogP contribution in [0.1, 0.15) is 111 Å². The van der Waals surface area contributed by atoms with Gasteiger partial charge in [0.1, 0.15) is 11.2 Å². The maximum absolute atomic E-state index is 12.1. The zero-order chi connectivity index (χ0) is 19.1. The van der Waals surface area contributed by atoms with Crippen molar-refractivity contribution in [2.75, 3.05) is 0 Å². The Labute approximate surface area is 154 Å². The number of ketones is 1. The van der Waals surface area contributed by atoms with Crippen LogP contribution in [-0.4, -0.2) is 22.9 Å². The fourth-order valence-corrected chi connectivity index (χ4v) is 3.57. The predicted molar refractivity (Wildman–Crippen MR) is 105 cm³/mol. The third kappa shape index (κ3) is 9.98. The molecule has 0 amide bonds. The highest BCUT2D eigenvalue weighted by Crippen LogP contribution is 2.33. The Morgan fingerprint density at radius 2 is 1.36 bits per heavy atom. The highest BCUT2D eigenvalue weighted by Gasteiger charge is 2.42. The first-order valence-electron chi connectivity index (χ1n) is 10.4. The van der Waals surface area contributed by atoms with Gasteiger partial charge in [-0.2, -0.15) is 0 Å². The molecule has 0 aromatic heterocycles. The van der Waals surface area contributed by atoms with Gasteiger partial charge in [0.15, 0.2) is 0 Å². The molecule has 4 heteroatoms. The van der Waals surface area contributed by atoms with Crippen molar-refractivity contribution in [2.24, 2.45) is 11.1 Å². The summed E-state index contributed by atoms with van der Waals surface area (Å²) >= 11 is 0. The van der Waals surface area contributed by atoms with E-state index in [4.69, 9.17) is 5.73 Å². The van der Waals surface area contributed by atoms with Crippen molar-refractivity contribution in [2.45, 2.75) is 117 Å². The molecule has 2 unspecified atom stereocenters. The number of aliphatic carboxylic acids is 1. The molecule has 0 fully saturated rings. The molecule has 0 aromatic rings. The van der Waals surface area contributed by atoms with Crippen molar-refractivity contribution in [3.05, 3.63) is 0 Å². The highest BCUT2D eigenvalue weighted by molar-refractivity contribution is 6.01. The highest BCUT2D eigenvalue weighted by atomic mass is 16.4. The smallest absolute Gasteiger partial charge is 0.317 e. The van der Waals surface area contributed by atoms with Gasteiger partial charge in [-0.1, -0.05) is 78.1 Å². The van der Waals surface area contributed by atoms with Crippen molar-refractivity contribution >= 4 is 11.8 Å². The summed E-state index contributed by atoms with van der Waals surface area (Å²) in [5.41, 5.74) is 4.86. The number of carboxylic acids is 1. The molecule has 0 saturated carbocycles. The van der Waals surface area contributed by atoms with Gasteiger partial charge in [0.05, 0.1) is 0 Å². The molecule has 0 aliphatic heterocycles. The van der Waals surface area contributed by atoms with E-state index in [-0.39, 0.29) is 5.78 Å². The lowest BCUT2D eigenvalue weighted by atomic mass is 9.75. The average molecular weight is 356 g/mol. The molecular weight excluding hydrogens is 314 g/mol. The molecule has 0 heterocycles. The Kier molecular flexibility index (Phi) is 13.8. The van der Waals surface area contributed by atoms with Crippen molar-refractivity contribution in [1.82, 2.24) is 0 Å². The number of nitrogens with two attached hydrogens (primary N) is 1. The van der Waals surface area contributed by atoms with E-state index in [0.717, 1.165) is 77.0 Å². The first-order valence-corrected chi connectivity index (χ1v) is 10.4. The standard InChI is InChI=1S/C21H41NO3/c1-4-6-7-12-16-21(18(3)23,20(24)25)17-13-10-8-9-11-15-19(22)14-5-2/h19H,4-17,22H2,1-3H3,(H,24,25). The molecule has 2 atom stereocenters. The first kappa shape index (κ1) is 24.1. The maximum Gasteiger partial charge on any atom is 0.317 e. The maximum atomic E-state index is 12.1. The summed E-state index contributed by atoms with van der Waals surface area (Å²) in [4.78, 5) is 23.9. The molecule has 0 bridgehead atoms. The van der Waals surface area contributed by atoms with Crippen LogP contribution < -0.4 is 5.73 Å². The summed E-state index contributed by atoms with van der Waals surface area (Å²) in [7, 11) is 0. The van der Waals surface area contributed by atoms with E-state index in [9.17, 15) is 14.7 Å². The van der Waals surface area contributed by atoms with Gasteiger partial charge in [-0.05, 0) is 32.6 Å². The zero-order valence-electron chi connectivity index (χ0n) is 16.8.